The van der Waals surface area contributed by atoms with Crippen LogP contribution in [0.3, 0.4) is 0 Å². The predicted octanol–water partition coefficient (Wildman–Crippen LogP) is 2.99. The molecule has 2 heterocycles. The Morgan fingerprint density at radius 1 is 0.967 bits per heavy atom. The van der Waals surface area contributed by atoms with Crippen molar-refractivity contribution >= 4 is 22.7 Å². The minimum absolute atomic E-state index is 0.00905. The number of hydrazine groups is 1. The summed E-state index contributed by atoms with van der Waals surface area (Å²) in [4.78, 5) is 29.2. The maximum absolute atomic E-state index is 14.2. The van der Waals surface area contributed by atoms with Crippen LogP contribution in [0.4, 0.5) is 8.78 Å². The molecule has 0 unspecified atom stereocenters. The van der Waals surface area contributed by atoms with Crippen molar-refractivity contribution < 1.29 is 18.4 Å². The zero-order valence-corrected chi connectivity index (χ0v) is 15.7. The van der Waals surface area contributed by atoms with Crippen molar-refractivity contribution in [3.8, 4) is 11.3 Å². The van der Waals surface area contributed by atoms with Crippen LogP contribution in [0.1, 0.15) is 20.8 Å². The van der Waals surface area contributed by atoms with Gasteiger partial charge in [0.25, 0.3) is 11.8 Å². The molecule has 2 aromatic carbocycles. The van der Waals surface area contributed by atoms with Gasteiger partial charge in [-0.15, -0.1) is 0 Å². The Labute approximate surface area is 169 Å². The molecular formula is C21H15F2N5O2. The molecule has 0 bridgehead atoms. The van der Waals surface area contributed by atoms with E-state index < -0.39 is 23.4 Å². The van der Waals surface area contributed by atoms with Gasteiger partial charge in [-0.25, -0.2) is 13.8 Å². The summed E-state index contributed by atoms with van der Waals surface area (Å²) in [6.07, 6.45) is 1.37. The number of para-hydroxylation sites is 1. The number of hydrogen-bond donors (Lipinski definition) is 2. The van der Waals surface area contributed by atoms with Crippen LogP contribution in [0.2, 0.25) is 0 Å². The first-order valence-electron chi connectivity index (χ1n) is 8.88. The summed E-state index contributed by atoms with van der Waals surface area (Å²) in [5, 5.41) is 4.95. The molecule has 0 aliphatic rings. The zero-order valence-electron chi connectivity index (χ0n) is 15.7. The maximum Gasteiger partial charge on any atom is 0.288 e. The number of fused-ring (bicyclic) bond motifs is 1. The number of carbonyl (C=O) groups is 2. The van der Waals surface area contributed by atoms with E-state index in [9.17, 15) is 18.4 Å². The van der Waals surface area contributed by atoms with E-state index >= 15 is 0 Å². The van der Waals surface area contributed by atoms with Crippen LogP contribution >= 0.6 is 0 Å². The highest BCUT2D eigenvalue weighted by molar-refractivity contribution is 6.02. The molecule has 2 N–H and O–H groups in total. The number of nitrogens with one attached hydrogen (secondary N) is 2. The highest BCUT2D eigenvalue weighted by Gasteiger charge is 2.21. The molecule has 0 atom stereocenters. The van der Waals surface area contributed by atoms with Crippen LogP contribution < -0.4 is 10.9 Å². The molecule has 2 amide bonds. The van der Waals surface area contributed by atoms with E-state index in [-0.39, 0.29) is 22.5 Å². The van der Waals surface area contributed by atoms with Crippen LogP contribution in [0.25, 0.3) is 22.2 Å². The summed E-state index contributed by atoms with van der Waals surface area (Å²) in [5.41, 5.74) is 5.30. The van der Waals surface area contributed by atoms with Gasteiger partial charge in [-0.2, -0.15) is 5.10 Å². The first kappa shape index (κ1) is 19.2. The summed E-state index contributed by atoms with van der Waals surface area (Å²) in [6, 6.07) is 13.6. The van der Waals surface area contributed by atoms with E-state index in [1.54, 1.807) is 25.2 Å². The standard InChI is InChI=1S/C21H15F2N5O2/c1-28-11-15(19(27-28)14-8-7-13(22)10-16(14)23)20(29)25-26-21(30)18-9-6-12-4-2-3-5-17(12)24-18/h2-11H,1H3,(H,25,29)(H,26,30). The fraction of sp³-hybridized carbons (Fsp3) is 0.0476. The number of nitrogens with zero attached hydrogens (tertiary/aromatic N) is 3. The quantitative estimate of drug-likeness (QED) is 0.511. The molecule has 0 aliphatic carbocycles. The van der Waals surface area contributed by atoms with E-state index in [0.29, 0.717) is 11.6 Å². The third-order valence-corrected chi connectivity index (χ3v) is 4.38. The highest BCUT2D eigenvalue weighted by Crippen LogP contribution is 2.25. The summed E-state index contributed by atoms with van der Waals surface area (Å²) < 4.78 is 28.7. The average molecular weight is 407 g/mol. The number of carbonyl (C=O) groups excluding carboxylic acids is 2. The van der Waals surface area contributed by atoms with Crippen LogP contribution in [0, 0.1) is 11.6 Å². The van der Waals surface area contributed by atoms with Crippen molar-refractivity contribution in [1.29, 1.82) is 0 Å². The van der Waals surface area contributed by atoms with Crippen molar-refractivity contribution in [3.63, 3.8) is 0 Å². The lowest BCUT2D eigenvalue weighted by Gasteiger charge is -2.08. The van der Waals surface area contributed by atoms with Gasteiger partial charge in [-0.05, 0) is 24.3 Å². The van der Waals surface area contributed by atoms with E-state index in [4.69, 9.17) is 0 Å². The largest absolute Gasteiger partial charge is 0.288 e. The second-order valence-electron chi connectivity index (χ2n) is 6.49. The van der Waals surface area contributed by atoms with E-state index in [0.717, 1.165) is 11.5 Å². The van der Waals surface area contributed by atoms with Gasteiger partial charge in [-0.3, -0.25) is 25.1 Å². The molecule has 0 fully saturated rings. The molecule has 30 heavy (non-hydrogen) atoms. The third-order valence-electron chi connectivity index (χ3n) is 4.38. The van der Waals surface area contributed by atoms with Gasteiger partial charge in [-0.1, -0.05) is 24.3 Å². The molecule has 0 aliphatic heterocycles. The second-order valence-corrected chi connectivity index (χ2v) is 6.49. The Morgan fingerprint density at radius 3 is 2.53 bits per heavy atom. The fourth-order valence-corrected chi connectivity index (χ4v) is 2.97. The van der Waals surface area contributed by atoms with Crippen molar-refractivity contribution in [2.24, 2.45) is 7.05 Å². The Bertz CT molecular complexity index is 1290. The highest BCUT2D eigenvalue weighted by atomic mass is 19.1. The summed E-state index contributed by atoms with van der Waals surface area (Å²) in [6.45, 7) is 0. The number of halogens is 2. The van der Waals surface area contributed by atoms with Gasteiger partial charge >= 0.3 is 0 Å². The summed E-state index contributed by atoms with van der Waals surface area (Å²) in [5.74, 6) is -2.93. The Balaban J connectivity index is 1.53. The van der Waals surface area contributed by atoms with Gasteiger partial charge in [0.05, 0.1) is 11.1 Å². The molecule has 7 nitrogen and oxygen atoms in total. The molecule has 0 radical (unpaired) electrons. The predicted molar refractivity (Wildman–Crippen MR) is 105 cm³/mol. The SMILES string of the molecule is Cn1cc(C(=O)NNC(=O)c2ccc3ccccc3n2)c(-c2ccc(F)cc2F)n1. The smallest absolute Gasteiger partial charge is 0.274 e. The van der Waals surface area contributed by atoms with Gasteiger partial charge in [0.2, 0.25) is 0 Å². The van der Waals surface area contributed by atoms with Gasteiger partial charge in [0.1, 0.15) is 23.0 Å². The summed E-state index contributed by atoms with van der Waals surface area (Å²) in [7, 11) is 1.55. The number of benzene rings is 2. The van der Waals surface area contributed by atoms with E-state index in [1.165, 1.54) is 23.0 Å². The minimum Gasteiger partial charge on any atom is -0.274 e. The number of pyridine rings is 1. The molecule has 2 aromatic heterocycles. The lowest BCUT2D eigenvalue weighted by Crippen LogP contribution is -2.42. The Kier molecular flexibility index (Phi) is 4.93. The lowest BCUT2D eigenvalue weighted by molar-refractivity contribution is 0.0844. The topological polar surface area (TPSA) is 88.9 Å². The molecule has 9 heteroatoms. The van der Waals surface area contributed by atoms with E-state index in [1.807, 2.05) is 12.1 Å². The van der Waals surface area contributed by atoms with E-state index in [2.05, 4.69) is 20.9 Å². The molecular weight excluding hydrogens is 392 g/mol. The zero-order chi connectivity index (χ0) is 21.3. The number of amides is 2. The van der Waals surface area contributed by atoms with Crippen molar-refractivity contribution in [2.75, 3.05) is 0 Å². The molecule has 150 valence electrons. The van der Waals surface area contributed by atoms with Crippen molar-refractivity contribution in [2.45, 2.75) is 0 Å². The van der Waals surface area contributed by atoms with Gasteiger partial charge in [0, 0.05) is 30.3 Å². The molecule has 4 aromatic rings. The van der Waals surface area contributed by atoms with Crippen LogP contribution in [0.5, 0.6) is 0 Å². The lowest BCUT2D eigenvalue weighted by atomic mass is 10.1. The Hall–Kier alpha value is -4.14. The normalized spacial score (nSPS) is 10.8. The monoisotopic (exact) mass is 407 g/mol. The molecule has 0 spiro atoms. The number of aromatic nitrogens is 3. The number of aryl methyl sites for hydroxylation is 1. The average Bonchev–Trinajstić information content (AvgIpc) is 3.12. The van der Waals surface area contributed by atoms with Gasteiger partial charge in [0.15, 0.2) is 0 Å². The van der Waals surface area contributed by atoms with Crippen LogP contribution in [-0.2, 0) is 7.05 Å². The first-order valence-corrected chi connectivity index (χ1v) is 8.88. The molecule has 0 saturated heterocycles. The Morgan fingerprint density at radius 2 is 1.73 bits per heavy atom. The first-order chi connectivity index (χ1) is 14.4. The van der Waals surface area contributed by atoms with Crippen molar-refractivity contribution in [1.82, 2.24) is 25.6 Å². The number of hydrogen-bond acceptors (Lipinski definition) is 4. The molecule has 4 rings (SSSR count). The molecule has 0 saturated carbocycles. The maximum atomic E-state index is 14.2. The third kappa shape index (κ3) is 3.72. The fourth-order valence-electron chi connectivity index (χ4n) is 2.97. The minimum atomic E-state index is -0.854. The van der Waals surface area contributed by atoms with Crippen LogP contribution in [0.15, 0.2) is 60.8 Å². The van der Waals surface area contributed by atoms with Crippen LogP contribution in [-0.4, -0.2) is 26.6 Å². The van der Waals surface area contributed by atoms with Gasteiger partial charge < -0.3 is 0 Å². The summed E-state index contributed by atoms with van der Waals surface area (Å²) >= 11 is 0. The number of rotatable bonds is 3. The van der Waals surface area contributed by atoms with Crippen molar-refractivity contribution in [3.05, 3.63) is 83.7 Å². The second kappa shape index (κ2) is 7.70.